The van der Waals surface area contributed by atoms with Crippen molar-refractivity contribution in [3.63, 3.8) is 0 Å². The quantitative estimate of drug-likeness (QED) is 0.912. The Bertz CT molecular complexity index is 691. The van der Waals surface area contributed by atoms with Gasteiger partial charge in [-0.15, -0.1) is 0 Å². The highest BCUT2D eigenvalue weighted by Gasteiger charge is 2.29. The van der Waals surface area contributed by atoms with Crippen LogP contribution < -0.4 is 9.64 Å². The minimum absolute atomic E-state index is 0.354. The zero-order valence-electron chi connectivity index (χ0n) is 13.0. The lowest BCUT2D eigenvalue weighted by Crippen LogP contribution is -2.24. The minimum atomic E-state index is -0.763. The molecule has 2 heterocycles. The molecule has 0 amide bonds. The number of carboxylic acid groups (broad SMARTS) is 1. The van der Waals surface area contributed by atoms with Crippen molar-refractivity contribution in [3.8, 4) is 5.88 Å². The van der Waals surface area contributed by atoms with Crippen molar-refractivity contribution in [1.82, 2.24) is 9.97 Å². The van der Waals surface area contributed by atoms with Gasteiger partial charge in [0.1, 0.15) is 6.61 Å². The SMILES string of the molecule is Cc1cc(OCc2ccccc2)nc(N2CCC(C(=O)O)C2)n1. The first-order chi connectivity index (χ1) is 11.1. The van der Waals surface area contributed by atoms with Gasteiger partial charge in [0.2, 0.25) is 11.8 Å². The molecule has 1 atom stereocenters. The number of hydrogen-bond acceptors (Lipinski definition) is 5. The van der Waals surface area contributed by atoms with Crippen molar-refractivity contribution in [2.45, 2.75) is 20.0 Å². The summed E-state index contributed by atoms with van der Waals surface area (Å²) in [5.41, 5.74) is 1.87. The molecular weight excluding hydrogens is 294 g/mol. The predicted octanol–water partition coefficient (Wildman–Crippen LogP) is 2.27. The molecule has 23 heavy (non-hydrogen) atoms. The third-order valence-corrected chi connectivity index (χ3v) is 3.87. The van der Waals surface area contributed by atoms with Crippen LogP contribution in [0.4, 0.5) is 5.95 Å². The van der Waals surface area contributed by atoms with Crippen LogP contribution in [0.25, 0.3) is 0 Å². The molecule has 1 N–H and O–H groups in total. The summed E-state index contributed by atoms with van der Waals surface area (Å²) in [5.74, 6) is -0.0690. The van der Waals surface area contributed by atoms with E-state index in [1.54, 1.807) is 6.07 Å². The fourth-order valence-corrected chi connectivity index (χ4v) is 2.61. The van der Waals surface area contributed by atoms with Gasteiger partial charge in [0.05, 0.1) is 5.92 Å². The number of benzene rings is 1. The second kappa shape index (κ2) is 6.64. The summed E-state index contributed by atoms with van der Waals surface area (Å²) in [7, 11) is 0. The molecule has 6 heteroatoms. The minimum Gasteiger partial charge on any atom is -0.481 e. The zero-order chi connectivity index (χ0) is 16.2. The number of aliphatic carboxylic acids is 1. The van der Waals surface area contributed by atoms with Crippen molar-refractivity contribution in [2.24, 2.45) is 5.92 Å². The molecule has 120 valence electrons. The monoisotopic (exact) mass is 313 g/mol. The molecule has 0 spiro atoms. The van der Waals surface area contributed by atoms with Crippen molar-refractivity contribution >= 4 is 11.9 Å². The van der Waals surface area contributed by atoms with Gasteiger partial charge in [0.25, 0.3) is 0 Å². The number of nitrogens with zero attached hydrogens (tertiary/aromatic N) is 3. The Hall–Kier alpha value is -2.63. The van der Waals surface area contributed by atoms with Gasteiger partial charge >= 0.3 is 5.97 Å². The predicted molar refractivity (Wildman–Crippen MR) is 85.5 cm³/mol. The second-order valence-corrected chi connectivity index (χ2v) is 5.69. The van der Waals surface area contributed by atoms with Crippen LogP contribution in [0, 0.1) is 12.8 Å². The van der Waals surface area contributed by atoms with Crippen LogP contribution in [0.1, 0.15) is 17.7 Å². The zero-order valence-corrected chi connectivity index (χ0v) is 13.0. The number of carboxylic acids is 1. The van der Waals surface area contributed by atoms with E-state index >= 15 is 0 Å². The topological polar surface area (TPSA) is 75.5 Å². The van der Waals surface area contributed by atoms with Gasteiger partial charge in [-0.1, -0.05) is 30.3 Å². The van der Waals surface area contributed by atoms with E-state index < -0.39 is 5.97 Å². The van der Waals surface area contributed by atoms with E-state index in [-0.39, 0.29) is 5.92 Å². The van der Waals surface area contributed by atoms with E-state index in [9.17, 15) is 4.79 Å². The molecule has 1 aromatic carbocycles. The largest absolute Gasteiger partial charge is 0.481 e. The van der Waals surface area contributed by atoms with E-state index in [4.69, 9.17) is 9.84 Å². The molecule has 1 unspecified atom stereocenters. The Morgan fingerprint density at radius 2 is 2.13 bits per heavy atom. The molecule has 2 aromatic rings. The van der Waals surface area contributed by atoms with Gasteiger partial charge in [-0.3, -0.25) is 4.79 Å². The fourth-order valence-electron chi connectivity index (χ4n) is 2.61. The van der Waals surface area contributed by atoms with Gasteiger partial charge < -0.3 is 14.7 Å². The normalized spacial score (nSPS) is 17.3. The van der Waals surface area contributed by atoms with Crippen molar-refractivity contribution in [3.05, 3.63) is 47.7 Å². The summed E-state index contributed by atoms with van der Waals surface area (Å²) in [6, 6.07) is 11.7. The maximum Gasteiger partial charge on any atom is 0.308 e. The lowest BCUT2D eigenvalue weighted by molar-refractivity contribution is -0.140. The third-order valence-electron chi connectivity index (χ3n) is 3.87. The Morgan fingerprint density at radius 3 is 2.83 bits per heavy atom. The molecular formula is C17H19N3O3. The molecule has 0 radical (unpaired) electrons. The van der Waals surface area contributed by atoms with Crippen molar-refractivity contribution < 1.29 is 14.6 Å². The summed E-state index contributed by atoms with van der Waals surface area (Å²) in [4.78, 5) is 21.8. The van der Waals surface area contributed by atoms with Gasteiger partial charge in [-0.25, -0.2) is 4.98 Å². The van der Waals surface area contributed by atoms with Crippen LogP contribution in [-0.2, 0) is 11.4 Å². The van der Waals surface area contributed by atoms with Crippen LogP contribution in [0.15, 0.2) is 36.4 Å². The van der Waals surface area contributed by atoms with E-state index in [0.29, 0.717) is 37.9 Å². The molecule has 1 saturated heterocycles. The Balaban J connectivity index is 1.71. The molecule has 3 rings (SSSR count). The number of rotatable bonds is 5. The summed E-state index contributed by atoms with van der Waals surface area (Å²) in [6.07, 6.45) is 0.618. The molecule has 0 aliphatic carbocycles. The fraction of sp³-hybridized carbons (Fsp3) is 0.353. The highest BCUT2D eigenvalue weighted by molar-refractivity contribution is 5.71. The number of ether oxygens (including phenoxy) is 1. The van der Waals surface area contributed by atoms with Gasteiger partial charge in [-0.05, 0) is 18.9 Å². The molecule has 1 aromatic heterocycles. The average molecular weight is 313 g/mol. The number of aryl methyl sites for hydroxylation is 1. The van der Waals surface area contributed by atoms with Crippen LogP contribution in [0.3, 0.4) is 0 Å². The third kappa shape index (κ3) is 3.77. The van der Waals surface area contributed by atoms with Crippen LogP contribution in [0.2, 0.25) is 0 Å². The first kappa shape index (κ1) is 15.3. The number of aromatic nitrogens is 2. The summed E-state index contributed by atoms with van der Waals surface area (Å²) < 4.78 is 5.75. The maximum atomic E-state index is 11.1. The van der Waals surface area contributed by atoms with E-state index in [1.807, 2.05) is 42.2 Å². The first-order valence-electron chi connectivity index (χ1n) is 7.62. The van der Waals surface area contributed by atoms with Crippen molar-refractivity contribution in [1.29, 1.82) is 0 Å². The first-order valence-corrected chi connectivity index (χ1v) is 7.62. The second-order valence-electron chi connectivity index (χ2n) is 5.69. The maximum absolute atomic E-state index is 11.1. The molecule has 0 saturated carbocycles. The highest BCUT2D eigenvalue weighted by Crippen LogP contribution is 2.23. The molecule has 1 aliphatic rings. The number of anilines is 1. The van der Waals surface area contributed by atoms with Crippen LogP contribution in [0.5, 0.6) is 5.88 Å². The average Bonchev–Trinajstić information content (AvgIpc) is 3.04. The number of carbonyl (C=O) groups is 1. The van der Waals surface area contributed by atoms with Crippen molar-refractivity contribution in [2.75, 3.05) is 18.0 Å². The molecule has 1 fully saturated rings. The van der Waals surface area contributed by atoms with Crippen LogP contribution >= 0.6 is 0 Å². The Labute approximate surface area is 134 Å². The lowest BCUT2D eigenvalue weighted by atomic mass is 10.1. The molecule has 0 bridgehead atoms. The van der Waals surface area contributed by atoms with Gasteiger partial charge in [0.15, 0.2) is 0 Å². The lowest BCUT2D eigenvalue weighted by Gasteiger charge is -2.17. The highest BCUT2D eigenvalue weighted by atomic mass is 16.5. The van der Waals surface area contributed by atoms with E-state index in [0.717, 1.165) is 11.3 Å². The van der Waals surface area contributed by atoms with Gasteiger partial charge in [-0.2, -0.15) is 4.98 Å². The smallest absolute Gasteiger partial charge is 0.308 e. The summed E-state index contributed by atoms with van der Waals surface area (Å²) in [5, 5.41) is 9.11. The van der Waals surface area contributed by atoms with E-state index in [1.165, 1.54) is 0 Å². The van der Waals surface area contributed by atoms with Gasteiger partial charge in [0, 0.05) is 24.8 Å². The molecule has 6 nitrogen and oxygen atoms in total. The summed E-state index contributed by atoms with van der Waals surface area (Å²) in [6.45, 7) is 3.41. The Kier molecular flexibility index (Phi) is 4.41. The summed E-state index contributed by atoms with van der Waals surface area (Å²) >= 11 is 0. The molecule has 1 aliphatic heterocycles. The number of hydrogen-bond donors (Lipinski definition) is 1. The Morgan fingerprint density at radius 1 is 1.35 bits per heavy atom. The van der Waals surface area contributed by atoms with Crippen LogP contribution in [-0.4, -0.2) is 34.1 Å². The van der Waals surface area contributed by atoms with E-state index in [2.05, 4.69) is 9.97 Å². The standard InChI is InChI=1S/C17H19N3O3/c1-12-9-15(23-11-13-5-3-2-4-6-13)19-17(18-12)20-8-7-14(10-20)16(21)22/h2-6,9,14H,7-8,10-11H2,1H3,(H,21,22).